The third kappa shape index (κ3) is 3.29. The molecule has 1 unspecified atom stereocenters. The molecule has 124 valence electrons. The molecule has 2 amide bonds. The first-order valence-electron chi connectivity index (χ1n) is 8.10. The van der Waals surface area contributed by atoms with E-state index < -0.39 is 11.8 Å². The normalized spacial score (nSPS) is 22.7. The molecule has 0 aromatic heterocycles. The lowest BCUT2D eigenvalue weighted by Gasteiger charge is -2.33. The fraction of sp³-hybridized carbons (Fsp3) is 0.529. The number of halogens is 1. The molecular weight excluding hydrogens is 314 g/mol. The van der Waals surface area contributed by atoms with Crippen LogP contribution in [-0.4, -0.2) is 31.4 Å². The van der Waals surface area contributed by atoms with E-state index in [2.05, 4.69) is 11.8 Å². The predicted molar refractivity (Wildman–Crippen MR) is 91.7 cm³/mol. The molecule has 5 nitrogen and oxygen atoms in total. The standard InChI is InChI=1S/C17H22ClN3O2/c1-11-4-6-20(7-5-11)15-3-2-13(9-14(15)18)21-10-12(17(19)23)8-16(21)22/h2-3,9,11-12H,4-8,10H2,1H3,(H2,19,23). The van der Waals surface area contributed by atoms with E-state index in [9.17, 15) is 9.59 Å². The van der Waals surface area contributed by atoms with Gasteiger partial charge in [-0.1, -0.05) is 18.5 Å². The SMILES string of the molecule is CC1CCN(c2ccc(N3CC(C(N)=O)CC3=O)cc2Cl)CC1. The van der Waals surface area contributed by atoms with Gasteiger partial charge in [-0.3, -0.25) is 9.59 Å². The van der Waals surface area contributed by atoms with Gasteiger partial charge in [0.15, 0.2) is 0 Å². The number of nitrogens with two attached hydrogens (primary N) is 1. The summed E-state index contributed by atoms with van der Waals surface area (Å²) in [5, 5.41) is 0.646. The van der Waals surface area contributed by atoms with Crippen LogP contribution in [0.3, 0.4) is 0 Å². The number of carbonyl (C=O) groups excluding carboxylic acids is 2. The fourth-order valence-corrected chi connectivity index (χ4v) is 3.61. The topological polar surface area (TPSA) is 66.6 Å². The van der Waals surface area contributed by atoms with E-state index >= 15 is 0 Å². The highest BCUT2D eigenvalue weighted by molar-refractivity contribution is 6.33. The highest BCUT2D eigenvalue weighted by Gasteiger charge is 2.34. The van der Waals surface area contributed by atoms with Crippen LogP contribution in [0.2, 0.25) is 5.02 Å². The number of anilines is 2. The Bertz CT molecular complexity index is 626. The van der Waals surface area contributed by atoms with E-state index in [0.717, 1.165) is 30.4 Å². The molecule has 0 spiro atoms. The van der Waals surface area contributed by atoms with Crippen molar-refractivity contribution >= 4 is 34.8 Å². The summed E-state index contributed by atoms with van der Waals surface area (Å²) in [5.74, 6) is -0.155. The molecule has 23 heavy (non-hydrogen) atoms. The maximum atomic E-state index is 12.1. The van der Waals surface area contributed by atoms with Crippen LogP contribution in [0.25, 0.3) is 0 Å². The van der Waals surface area contributed by atoms with Crippen LogP contribution in [-0.2, 0) is 9.59 Å². The number of piperidine rings is 1. The second-order valence-electron chi connectivity index (χ2n) is 6.61. The Morgan fingerprint density at radius 2 is 2.00 bits per heavy atom. The van der Waals surface area contributed by atoms with Crippen molar-refractivity contribution in [2.24, 2.45) is 17.6 Å². The Balaban J connectivity index is 1.77. The number of rotatable bonds is 3. The van der Waals surface area contributed by atoms with Gasteiger partial charge in [-0.25, -0.2) is 0 Å². The molecule has 0 saturated carbocycles. The maximum Gasteiger partial charge on any atom is 0.227 e. The number of carbonyl (C=O) groups is 2. The second kappa shape index (κ2) is 6.40. The minimum atomic E-state index is -0.425. The molecule has 3 rings (SSSR count). The minimum Gasteiger partial charge on any atom is -0.370 e. The molecule has 2 aliphatic rings. The molecular formula is C17H22ClN3O2. The summed E-state index contributed by atoms with van der Waals surface area (Å²) in [6.45, 7) is 4.63. The lowest BCUT2D eigenvalue weighted by molar-refractivity contribution is -0.123. The smallest absolute Gasteiger partial charge is 0.227 e. The van der Waals surface area contributed by atoms with Crippen LogP contribution in [0.1, 0.15) is 26.2 Å². The Morgan fingerprint density at radius 1 is 1.30 bits per heavy atom. The molecule has 0 bridgehead atoms. The first kappa shape index (κ1) is 16.1. The quantitative estimate of drug-likeness (QED) is 0.922. The van der Waals surface area contributed by atoms with Gasteiger partial charge in [-0.2, -0.15) is 0 Å². The van der Waals surface area contributed by atoms with Crippen molar-refractivity contribution in [2.45, 2.75) is 26.2 Å². The number of nitrogens with zero attached hydrogens (tertiary/aromatic N) is 2. The molecule has 6 heteroatoms. The Kier molecular flexibility index (Phi) is 4.48. The first-order chi connectivity index (χ1) is 11.0. The van der Waals surface area contributed by atoms with Crippen molar-refractivity contribution in [2.75, 3.05) is 29.4 Å². The first-order valence-corrected chi connectivity index (χ1v) is 8.47. The lowest BCUT2D eigenvalue weighted by atomic mass is 9.99. The van der Waals surface area contributed by atoms with Crippen LogP contribution >= 0.6 is 11.6 Å². The van der Waals surface area contributed by atoms with Gasteiger partial charge in [-0.15, -0.1) is 0 Å². The largest absolute Gasteiger partial charge is 0.370 e. The molecule has 2 saturated heterocycles. The molecule has 0 radical (unpaired) electrons. The summed E-state index contributed by atoms with van der Waals surface area (Å²) in [6, 6.07) is 5.69. The van der Waals surface area contributed by atoms with Gasteiger partial charge in [0, 0.05) is 31.7 Å². The van der Waals surface area contributed by atoms with Crippen LogP contribution in [0.5, 0.6) is 0 Å². The van der Waals surface area contributed by atoms with Gasteiger partial charge in [-0.05, 0) is 37.0 Å². The van der Waals surface area contributed by atoms with E-state index in [1.807, 2.05) is 18.2 Å². The molecule has 1 aromatic rings. The predicted octanol–water partition coefficient (Wildman–Crippen LogP) is 2.41. The van der Waals surface area contributed by atoms with Crippen LogP contribution in [0.15, 0.2) is 18.2 Å². The van der Waals surface area contributed by atoms with Gasteiger partial charge in [0.05, 0.1) is 16.6 Å². The third-order valence-corrected chi connectivity index (χ3v) is 5.20. The second-order valence-corrected chi connectivity index (χ2v) is 7.02. The van der Waals surface area contributed by atoms with E-state index in [1.165, 1.54) is 12.8 Å². The zero-order valence-corrected chi connectivity index (χ0v) is 14.1. The Morgan fingerprint density at radius 3 is 2.57 bits per heavy atom. The monoisotopic (exact) mass is 335 g/mol. The molecule has 0 aliphatic carbocycles. The molecule has 1 atom stereocenters. The van der Waals surface area contributed by atoms with Gasteiger partial charge in [0.25, 0.3) is 0 Å². The summed E-state index contributed by atoms with van der Waals surface area (Å²) < 4.78 is 0. The Labute approximate surface area is 141 Å². The fourth-order valence-electron chi connectivity index (χ4n) is 3.32. The maximum absolute atomic E-state index is 12.1. The molecule has 2 heterocycles. The highest BCUT2D eigenvalue weighted by Crippen LogP contribution is 2.34. The van der Waals surface area contributed by atoms with Crippen molar-refractivity contribution < 1.29 is 9.59 Å². The van der Waals surface area contributed by atoms with Crippen molar-refractivity contribution in [3.8, 4) is 0 Å². The van der Waals surface area contributed by atoms with Crippen LogP contribution < -0.4 is 15.5 Å². The van der Waals surface area contributed by atoms with E-state index in [0.29, 0.717) is 11.6 Å². The summed E-state index contributed by atoms with van der Waals surface area (Å²) in [6.07, 6.45) is 2.52. The zero-order valence-electron chi connectivity index (χ0n) is 13.3. The van der Waals surface area contributed by atoms with Crippen molar-refractivity contribution in [1.82, 2.24) is 0 Å². The molecule has 2 N–H and O–H groups in total. The lowest BCUT2D eigenvalue weighted by Crippen LogP contribution is -2.33. The van der Waals surface area contributed by atoms with Gasteiger partial charge >= 0.3 is 0 Å². The summed E-state index contributed by atoms with van der Waals surface area (Å²) in [5.41, 5.74) is 7.06. The van der Waals surface area contributed by atoms with Gasteiger partial charge in [0.2, 0.25) is 11.8 Å². The van der Waals surface area contributed by atoms with Crippen molar-refractivity contribution in [1.29, 1.82) is 0 Å². The number of benzene rings is 1. The van der Waals surface area contributed by atoms with Crippen LogP contribution in [0.4, 0.5) is 11.4 Å². The van der Waals surface area contributed by atoms with Crippen LogP contribution in [0, 0.1) is 11.8 Å². The van der Waals surface area contributed by atoms with E-state index in [-0.39, 0.29) is 12.3 Å². The average molecular weight is 336 g/mol. The number of hydrogen-bond donors (Lipinski definition) is 1. The number of primary amides is 1. The molecule has 1 aromatic carbocycles. The summed E-state index contributed by atoms with van der Waals surface area (Å²) >= 11 is 6.45. The Hall–Kier alpha value is -1.75. The van der Waals surface area contributed by atoms with Crippen molar-refractivity contribution in [3.05, 3.63) is 23.2 Å². The van der Waals surface area contributed by atoms with Gasteiger partial charge in [0.1, 0.15) is 0 Å². The van der Waals surface area contributed by atoms with Gasteiger partial charge < -0.3 is 15.5 Å². The summed E-state index contributed by atoms with van der Waals surface area (Å²) in [4.78, 5) is 27.3. The molecule has 2 aliphatic heterocycles. The highest BCUT2D eigenvalue weighted by atomic mass is 35.5. The van der Waals surface area contributed by atoms with E-state index in [1.54, 1.807) is 4.90 Å². The van der Waals surface area contributed by atoms with E-state index in [4.69, 9.17) is 17.3 Å². The summed E-state index contributed by atoms with van der Waals surface area (Å²) in [7, 11) is 0. The zero-order chi connectivity index (χ0) is 16.6. The number of amides is 2. The molecule has 2 fully saturated rings. The third-order valence-electron chi connectivity index (χ3n) is 4.89. The minimum absolute atomic E-state index is 0.0792. The number of hydrogen-bond acceptors (Lipinski definition) is 3. The average Bonchev–Trinajstić information content (AvgIpc) is 2.90. The van der Waals surface area contributed by atoms with Crippen molar-refractivity contribution in [3.63, 3.8) is 0 Å².